The van der Waals surface area contributed by atoms with E-state index in [0.717, 1.165) is 15.6 Å². The van der Waals surface area contributed by atoms with Gasteiger partial charge in [0.15, 0.2) is 0 Å². The number of non-ortho nitro benzene ring substituents is 1. The summed E-state index contributed by atoms with van der Waals surface area (Å²) in [6.45, 7) is 1.15. The van der Waals surface area contributed by atoms with Crippen LogP contribution in [0, 0.1) is 10.1 Å². The molecule has 0 bridgehead atoms. The number of hydrogen-bond acceptors (Lipinski definition) is 10. The highest BCUT2D eigenvalue weighted by atomic mass is 32.2. The molecule has 32 heavy (non-hydrogen) atoms. The van der Waals surface area contributed by atoms with Crippen LogP contribution in [0.25, 0.3) is 0 Å². The minimum absolute atomic E-state index is 0.00666. The van der Waals surface area contributed by atoms with Gasteiger partial charge in [-0.2, -0.15) is 8.42 Å². The topological polar surface area (TPSA) is 165 Å². The number of nitro groups is 1. The maximum atomic E-state index is 12.6. The zero-order valence-corrected chi connectivity index (χ0v) is 19.3. The molecule has 1 aromatic rings. The standard InChI is InChI=1S/C17H24N4O9S2/c1-4-32(27,28)19(2)18-10-15-9-16(30-31(3,25)26)11-20(15)17(22)29-12-13-5-7-14(8-6-13)21(23)24/h5-8,10,16,18H,4,9,11-12H2,1-3H3/t16-/m1/s1. The van der Waals surface area contributed by atoms with Gasteiger partial charge >= 0.3 is 6.09 Å². The molecule has 0 radical (unpaired) electrons. The number of sulfonamides is 1. The van der Waals surface area contributed by atoms with Gasteiger partial charge in [-0.15, -0.1) is 4.41 Å². The van der Waals surface area contributed by atoms with Crippen molar-refractivity contribution >= 4 is 31.9 Å². The molecule has 1 aliphatic heterocycles. The molecule has 0 aromatic heterocycles. The SMILES string of the molecule is CCS(=O)(=O)N(C)NC=C1C[C@@H](OS(C)(=O)=O)CN1C(=O)OCc1ccc([N+](=O)[O-])cc1. The van der Waals surface area contributed by atoms with Gasteiger partial charge in [-0.3, -0.25) is 19.2 Å². The van der Waals surface area contributed by atoms with Crippen LogP contribution >= 0.6 is 0 Å². The number of hydrogen-bond donors (Lipinski definition) is 1. The molecule has 0 saturated carbocycles. The molecular weight excluding hydrogens is 468 g/mol. The van der Waals surface area contributed by atoms with Gasteiger partial charge in [0.1, 0.15) is 12.7 Å². The molecule has 1 saturated heterocycles. The molecule has 13 nitrogen and oxygen atoms in total. The highest BCUT2D eigenvalue weighted by Crippen LogP contribution is 2.26. The number of nitrogens with zero attached hydrogens (tertiary/aromatic N) is 3. The summed E-state index contributed by atoms with van der Waals surface area (Å²) in [7, 11) is -6.07. The second-order valence-electron chi connectivity index (χ2n) is 6.85. The fraction of sp³-hybridized carbons (Fsp3) is 0.471. The summed E-state index contributed by atoms with van der Waals surface area (Å²) in [5.74, 6) is -0.152. The summed E-state index contributed by atoms with van der Waals surface area (Å²) in [6, 6.07) is 5.42. The van der Waals surface area contributed by atoms with Crippen molar-refractivity contribution in [2.45, 2.75) is 26.1 Å². The van der Waals surface area contributed by atoms with Crippen LogP contribution in [0.5, 0.6) is 0 Å². The van der Waals surface area contributed by atoms with E-state index in [4.69, 9.17) is 8.92 Å². The summed E-state index contributed by atoms with van der Waals surface area (Å²) in [6.07, 6.45) is 0.444. The van der Waals surface area contributed by atoms with Gasteiger partial charge in [0.05, 0.1) is 23.5 Å². The Morgan fingerprint density at radius 2 is 1.94 bits per heavy atom. The zero-order valence-electron chi connectivity index (χ0n) is 17.6. The molecule has 1 N–H and O–H groups in total. The number of nitrogens with one attached hydrogen (secondary N) is 1. The van der Waals surface area contributed by atoms with Gasteiger partial charge in [0.25, 0.3) is 15.8 Å². The van der Waals surface area contributed by atoms with Gasteiger partial charge in [-0.1, -0.05) is 0 Å². The third kappa shape index (κ3) is 7.15. The fourth-order valence-electron chi connectivity index (χ4n) is 2.75. The van der Waals surface area contributed by atoms with Gasteiger partial charge < -0.3 is 10.2 Å². The number of rotatable bonds is 9. The van der Waals surface area contributed by atoms with E-state index in [1.807, 2.05) is 0 Å². The number of likely N-dealkylation sites (tertiary alicyclic amines) is 1. The van der Waals surface area contributed by atoms with E-state index in [2.05, 4.69) is 5.43 Å². The van der Waals surface area contributed by atoms with Crippen LogP contribution in [0.3, 0.4) is 0 Å². The van der Waals surface area contributed by atoms with Gasteiger partial charge in [0.2, 0.25) is 10.0 Å². The highest BCUT2D eigenvalue weighted by molar-refractivity contribution is 7.89. The lowest BCUT2D eigenvalue weighted by Crippen LogP contribution is -2.38. The number of ether oxygens (including phenoxy) is 1. The number of carbonyl (C=O) groups excluding carboxylic acids is 1. The predicted molar refractivity (Wildman–Crippen MR) is 113 cm³/mol. The monoisotopic (exact) mass is 492 g/mol. The molecule has 1 aromatic carbocycles. The van der Waals surface area contributed by atoms with Crippen LogP contribution in [0.15, 0.2) is 36.2 Å². The van der Waals surface area contributed by atoms with Crippen LogP contribution in [0.4, 0.5) is 10.5 Å². The number of hydrazine groups is 1. The average Bonchev–Trinajstić information content (AvgIpc) is 3.11. The molecular formula is C17H24N4O9S2. The number of amides is 1. The van der Waals surface area contributed by atoms with Crippen molar-refractivity contribution in [3.05, 3.63) is 51.8 Å². The smallest absolute Gasteiger partial charge is 0.414 e. The molecule has 0 aliphatic carbocycles. The summed E-state index contributed by atoms with van der Waals surface area (Å²) in [4.78, 5) is 23.9. The van der Waals surface area contributed by atoms with Gasteiger partial charge in [-0.05, 0) is 24.6 Å². The normalized spacial score (nSPS) is 18.2. The van der Waals surface area contributed by atoms with Crippen LogP contribution < -0.4 is 5.43 Å². The van der Waals surface area contributed by atoms with Crippen LogP contribution in [0.1, 0.15) is 18.9 Å². The van der Waals surface area contributed by atoms with E-state index < -0.39 is 37.3 Å². The van der Waals surface area contributed by atoms with E-state index >= 15 is 0 Å². The molecule has 1 fully saturated rings. The molecule has 1 heterocycles. The van der Waals surface area contributed by atoms with E-state index in [9.17, 15) is 31.7 Å². The lowest BCUT2D eigenvalue weighted by molar-refractivity contribution is -0.384. The van der Waals surface area contributed by atoms with Crippen molar-refractivity contribution in [1.82, 2.24) is 14.7 Å². The Balaban J connectivity index is 2.13. The largest absolute Gasteiger partial charge is 0.444 e. The first kappa shape index (κ1) is 25.5. The first-order chi connectivity index (χ1) is 14.8. The van der Waals surface area contributed by atoms with Crippen molar-refractivity contribution in [3.8, 4) is 0 Å². The summed E-state index contributed by atoms with van der Waals surface area (Å²) in [5, 5.41) is 10.7. The predicted octanol–water partition coefficient (Wildman–Crippen LogP) is 0.909. The second kappa shape index (κ2) is 10.2. The molecule has 0 spiro atoms. The van der Waals surface area contributed by atoms with Crippen LogP contribution in [-0.2, 0) is 35.7 Å². The Morgan fingerprint density at radius 1 is 1.31 bits per heavy atom. The Morgan fingerprint density at radius 3 is 2.47 bits per heavy atom. The van der Waals surface area contributed by atoms with Gasteiger partial charge in [0, 0.05) is 37.5 Å². The van der Waals surface area contributed by atoms with Crippen LogP contribution in [-0.4, -0.2) is 68.9 Å². The minimum Gasteiger partial charge on any atom is -0.444 e. The lowest BCUT2D eigenvalue weighted by atomic mass is 10.2. The fourth-order valence-corrected chi connectivity index (χ4v) is 3.97. The van der Waals surface area contributed by atoms with E-state index in [1.54, 1.807) is 0 Å². The molecule has 1 amide bonds. The average molecular weight is 493 g/mol. The Kier molecular flexibility index (Phi) is 8.17. The second-order valence-corrected chi connectivity index (χ2v) is 10.7. The third-order valence-corrected chi connectivity index (χ3v) is 6.70. The molecule has 15 heteroatoms. The first-order valence-corrected chi connectivity index (χ1v) is 12.7. The maximum Gasteiger partial charge on any atom is 0.414 e. The quantitative estimate of drug-likeness (QED) is 0.297. The number of carbonyl (C=O) groups is 1. The van der Waals surface area contributed by atoms with E-state index in [1.165, 1.54) is 44.4 Å². The van der Waals surface area contributed by atoms with Gasteiger partial charge in [-0.25, -0.2) is 13.2 Å². The molecule has 0 unspecified atom stereocenters. The van der Waals surface area contributed by atoms with E-state index in [-0.39, 0.29) is 36.7 Å². The molecule has 1 aliphatic rings. The lowest BCUT2D eigenvalue weighted by Gasteiger charge is -2.20. The first-order valence-electron chi connectivity index (χ1n) is 9.30. The van der Waals surface area contributed by atoms with Crippen molar-refractivity contribution < 1.29 is 35.5 Å². The van der Waals surface area contributed by atoms with Crippen molar-refractivity contribution in [2.75, 3.05) is 25.6 Å². The van der Waals surface area contributed by atoms with Crippen molar-refractivity contribution in [3.63, 3.8) is 0 Å². The minimum atomic E-state index is -3.79. The maximum absolute atomic E-state index is 12.6. The number of benzene rings is 1. The van der Waals surface area contributed by atoms with E-state index in [0.29, 0.717) is 5.56 Å². The Labute approximate surface area is 185 Å². The summed E-state index contributed by atoms with van der Waals surface area (Å²) < 4.78 is 57.7. The van der Waals surface area contributed by atoms with Crippen molar-refractivity contribution in [1.29, 1.82) is 0 Å². The molecule has 178 valence electrons. The Hall–Kier alpha value is -2.75. The van der Waals surface area contributed by atoms with Crippen molar-refractivity contribution in [2.24, 2.45) is 0 Å². The summed E-state index contributed by atoms with van der Waals surface area (Å²) in [5.41, 5.74) is 3.19. The number of nitro benzene ring substituents is 1. The Bertz CT molecular complexity index is 1090. The zero-order chi connectivity index (χ0) is 24.1. The molecule has 2 rings (SSSR count). The highest BCUT2D eigenvalue weighted by Gasteiger charge is 2.35. The third-order valence-electron chi connectivity index (χ3n) is 4.41. The summed E-state index contributed by atoms with van der Waals surface area (Å²) >= 11 is 0. The van der Waals surface area contributed by atoms with Crippen LogP contribution in [0.2, 0.25) is 0 Å². The molecule has 1 atom stereocenters.